The highest BCUT2D eigenvalue weighted by Crippen LogP contribution is 2.35. The number of pyridine rings is 1. The molecule has 1 aromatic heterocycles. The molecule has 0 N–H and O–H groups in total. The van der Waals surface area contributed by atoms with Gasteiger partial charge >= 0.3 is 0 Å². The zero-order valence-electron chi connectivity index (χ0n) is 12.2. The average Bonchev–Trinajstić information content (AvgIpc) is 2.53. The van der Waals surface area contributed by atoms with Crippen molar-refractivity contribution in [1.29, 1.82) is 0 Å². The summed E-state index contributed by atoms with van der Waals surface area (Å²) in [6, 6.07) is 5.76. The van der Waals surface area contributed by atoms with Gasteiger partial charge in [0, 0.05) is 24.7 Å². The van der Waals surface area contributed by atoms with Gasteiger partial charge in [-0.3, -0.25) is 4.79 Å². The van der Waals surface area contributed by atoms with Gasteiger partial charge in [0.15, 0.2) is 6.20 Å². The van der Waals surface area contributed by atoms with Gasteiger partial charge in [-0.2, -0.15) is 4.73 Å². The minimum atomic E-state index is 0.195. The van der Waals surface area contributed by atoms with Crippen LogP contribution in [0, 0.1) is 11.1 Å². The maximum absolute atomic E-state index is 12.5. The Hall–Kier alpha value is -1.23. The lowest BCUT2D eigenvalue weighted by atomic mass is 9.78. The van der Waals surface area contributed by atoms with Crippen LogP contribution in [0.25, 0.3) is 0 Å². The standard InChI is InChI=1S/C16H22N2O2S/c19-15(12-21-16-9-3-4-11-18(16)20)17-10-5-7-13-6-1-2-8-14(13)17/h3-4,9,11,13-14H,1-2,5-8,10,12H2/t13-,14+/m1/s1. The topological polar surface area (TPSA) is 47.2 Å². The monoisotopic (exact) mass is 306 g/mol. The Bertz CT molecular complexity index is 507. The maximum Gasteiger partial charge on any atom is 0.251 e. The molecule has 114 valence electrons. The minimum absolute atomic E-state index is 0.195. The van der Waals surface area contributed by atoms with Crippen LogP contribution in [0.5, 0.6) is 0 Å². The molecule has 1 aromatic rings. The quantitative estimate of drug-likeness (QED) is 0.490. The second-order valence-electron chi connectivity index (χ2n) is 5.99. The Labute approximate surface area is 130 Å². The molecule has 2 heterocycles. The average molecular weight is 306 g/mol. The van der Waals surface area contributed by atoms with E-state index < -0.39 is 0 Å². The first-order chi connectivity index (χ1) is 10.3. The van der Waals surface area contributed by atoms with E-state index >= 15 is 0 Å². The molecule has 0 unspecified atom stereocenters. The highest BCUT2D eigenvalue weighted by Gasteiger charge is 2.35. The third-order valence-electron chi connectivity index (χ3n) is 4.70. The van der Waals surface area contributed by atoms with E-state index in [0.717, 1.165) is 24.1 Å². The van der Waals surface area contributed by atoms with E-state index in [1.807, 2.05) is 6.07 Å². The molecule has 2 aliphatic rings. The predicted octanol–water partition coefficient (Wildman–Crippen LogP) is 2.59. The van der Waals surface area contributed by atoms with Crippen molar-refractivity contribution in [2.75, 3.05) is 12.3 Å². The van der Waals surface area contributed by atoms with E-state index in [-0.39, 0.29) is 5.91 Å². The molecule has 1 saturated heterocycles. The summed E-state index contributed by atoms with van der Waals surface area (Å²) in [4.78, 5) is 14.6. The number of nitrogens with zero attached hydrogens (tertiary/aromatic N) is 2. The lowest BCUT2D eigenvalue weighted by Gasteiger charge is -2.44. The van der Waals surface area contributed by atoms with Crippen LogP contribution in [0.2, 0.25) is 0 Å². The fourth-order valence-corrected chi connectivity index (χ4v) is 4.48. The normalized spacial score (nSPS) is 25.4. The molecule has 1 saturated carbocycles. The Morgan fingerprint density at radius 1 is 1.29 bits per heavy atom. The summed E-state index contributed by atoms with van der Waals surface area (Å²) in [5, 5.41) is 12.2. The predicted molar refractivity (Wildman–Crippen MR) is 82.8 cm³/mol. The molecule has 0 aromatic carbocycles. The van der Waals surface area contributed by atoms with E-state index in [2.05, 4.69) is 4.90 Å². The number of aromatic nitrogens is 1. The Balaban J connectivity index is 1.60. The van der Waals surface area contributed by atoms with Crippen LogP contribution in [-0.2, 0) is 4.79 Å². The lowest BCUT2D eigenvalue weighted by Crippen LogP contribution is -2.50. The summed E-state index contributed by atoms with van der Waals surface area (Å²) in [7, 11) is 0. The van der Waals surface area contributed by atoms with Crippen molar-refractivity contribution < 1.29 is 9.52 Å². The minimum Gasteiger partial charge on any atom is -0.618 e. The molecule has 0 spiro atoms. The van der Waals surface area contributed by atoms with Gasteiger partial charge in [-0.05, 0) is 49.4 Å². The van der Waals surface area contributed by atoms with Crippen molar-refractivity contribution in [3.8, 4) is 0 Å². The molecule has 2 fully saturated rings. The van der Waals surface area contributed by atoms with Crippen molar-refractivity contribution in [3.63, 3.8) is 0 Å². The van der Waals surface area contributed by atoms with Gasteiger partial charge < -0.3 is 10.1 Å². The fourth-order valence-electron chi connectivity index (χ4n) is 3.68. The van der Waals surface area contributed by atoms with Crippen molar-refractivity contribution in [2.45, 2.75) is 49.6 Å². The van der Waals surface area contributed by atoms with Gasteiger partial charge in [0.05, 0.1) is 5.75 Å². The second-order valence-corrected chi connectivity index (χ2v) is 6.99. The van der Waals surface area contributed by atoms with Crippen molar-refractivity contribution in [2.24, 2.45) is 5.92 Å². The molecule has 1 aliphatic heterocycles. The van der Waals surface area contributed by atoms with Crippen molar-refractivity contribution in [3.05, 3.63) is 29.6 Å². The van der Waals surface area contributed by atoms with Crippen LogP contribution in [0.15, 0.2) is 29.4 Å². The van der Waals surface area contributed by atoms with Crippen LogP contribution < -0.4 is 4.73 Å². The van der Waals surface area contributed by atoms with E-state index in [1.54, 1.807) is 12.1 Å². The first kappa shape index (κ1) is 14.7. The van der Waals surface area contributed by atoms with Crippen LogP contribution >= 0.6 is 11.8 Å². The third-order valence-corrected chi connectivity index (χ3v) is 5.70. The number of likely N-dealkylation sites (tertiary alicyclic amines) is 1. The number of thioether (sulfide) groups is 1. The molecule has 1 amide bonds. The van der Waals surface area contributed by atoms with E-state index in [9.17, 15) is 10.0 Å². The zero-order chi connectivity index (χ0) is 14.7. The summed E-state index contributed by atoms with van der Waals surface area (Å²) in [5.41, 5.74) is 0. The molecule has 21 heavy (non-hydrogen) atoms. The van der Waals surface area contributed by atoms with E-state index in [0.29, 0.717) is 22.7 Å². The van der Waals surface area contributed by atoms with Gasteiger partial charge in [-0.15, -0.1) is 0 Å². The van der Waals surface area contributed by atoms with Gasteiger partial charge in [-0.25, -0.2) is 0 Å². The molecular weight excluding hydrogens is 284 g/mol. The number of carbonyl (C=O) groups excluding carboxylic acids is 1. The van der Waals surface area contributed by atoms with E-state index in [1.165, 1.54) is 43.6 Å². The summed E-state index contributed by atoms with van der Waals surface area (Å²) < 4.78 is 0.831. The maximum atomic E-state index is 12.5. The molecule has 4 nitrogen and oxygen atoms in total. The number of carbonyl (C=O) groups is 1. The van der Waals surface area contributed by atoms with Crippen LogP contribution in [0.3, 0.4) is 0 Å². The molecule has 2 atom stereocenters. The highest BCUT2D eigenvalue weighted by molar-refractivity contribution is 7.99. The number of piperidine rings is 1. The first-order valence-corrected chi connectivity index (χ1v) is 8.85. The number of amides is 1. The van der Waals surface area contributed by atoms with Gasteiger partial charge in [-0.1, -0.05) is 12.8 Å². The van der Waals surface area contributed by atoms with Gasteiger partial charge in [0.25, 0.3) is 5.03 Å². The number of fused-ring (bicyclic) bond motifs is 1. The molecule has 0 bridgehead atoms. The summed E-state index contributed by atoms with van der Waals surface area (Å²) >= 11 is 1.35. The fraction of sp³-hybridized carbons (Fsp3) is 0.625. The Morgan fingerprint density at radius 3 is 2.95 bits per heavy atom. The number of hydrogen-bond donors (Lipinski definition) is 0. The summed E-state index contributed by atoms with van der Waals surface area (Å²) in [6.07, 6.45) is 8.89. The largest absolute Gasteiger partial charge is 0.618 e. The smallest absolute Gasteiger partial charge is 0.251 e. The lowest BCUT2D eigenvalue weighted by molar-refractivity contribution is -0.645. The molecule has 3 rings (SSSR count). The SMILES string of the molecule is O=C(CSc1cccc[n+]1[O-])N1CCC[C@H]2CCCC[C@@H]21. The van der Waals surface area contributed by atoms with E-state index in [4.69, 9.17) is 0 Å². The van der Waals surface area contributed by atoms with Gasteiger partial charge in [0.2, 0.25) is 5.91 Å². The van der Waals surface area contributed by atoms with Crippen molar-refractivity contribution in [1.82, 2.24) is 4.90 Å². The molecule has 0 radical (unpaired) electrons. The molecule has 1 aliphatic carbocycles. The molecular formula is C16H22N2O2S. The second kappa shape index (κ2) is 6.69. The summed E-state index contributed by atoms with van der Waals surface area (Å²) in [6.45, 7) is 0.896. The first-order valence-electron chi connectivity index (χ1n) is 7.86. The third kappa shape index (κ3) is 3.34. The van der Waals surface area contributed by atoms with Gasteiger partial charge in [0.1, 0.15) is 0 Å². The van der Waals surface area contributed by atoms with Crippen LogP contribution in [0.4, 0.5) is 0 Å². The highest BCUT2D eigenvalue weighted by atomic mass is 32.2. The van der Waals surface area contributed by atoms with Crippen LogP contribution in [0.1, 0.15) is 38.5 Å². The number of hydrogen-bond acceptors (Lipinski definition) is 3. The zero-order valence-corrected chi connectivity index (χ0v) is 13.1. The Morgan fingerprint density at radius 2 is 2.10 bits per heavy atom. The van der Waals surface area contributed by atoms with Crippen molar-refractivity contribution >= 4 is 17.7 Å². The summed E-state index contributed by atoms with van der Waals surface area (Å²) in [5.74, 6) is 1.28. The number of rotatable bonds is 3. The van der Waals surface area contributed by atoms with Crippen LogP contribution in [-0.4, -0.2) is 29.1 Å². The molecule has 5 heteroatoms. The Kier molecular flexibility index (Phi) is 4.68.